The van der Waals surface area contributed by atoms with E-state index in [0.29, 0.717) is 0 Å². The topological polar surface area (TPSA) is 29.1 Å². The molecular weight excluding hydrogens is 246 g/mol. The molecule has 3 nitrogen and oxygen atoms in total. The second kappa shape index (κ2) is 4.85. The summed E-state index contributed by atoms with van der Waals surface area (Å²) in [5.41, 5.74) is 4.25. The van der Waals surface area contributed by atoms with Gasteiger partial charge in [-0.2, -0.15) is 0 Å². The van der Waals surface area contributed by atoms with E-state index in [1.54, 1.807) is 12.5 Å². The molecule has 0 aliphatic rings. The van der Waals surface area contributed by atoms with Crippen molar-refractivity contribution in [2.24, 2.45) is 12.0 Å². The second-order valence-corrected chi connectivity index (χ2v) is 4.86. The normalized spacial score (nSPS) is 10.7. The third kappa shape index (κ3) is 1.88. The minimum absolute atomic E-state index is 0.799. The Morgan fingerprint density at radius 3 is 2.75 bits per heavy atom. The van der Waals surface area contributed by atoms with Gasteiger partial charge in [0.05, 0.1) is 7.05 Å². The highest BCUT2D eigenvalue weighted by atomic mass is 15.0. The number of hydrogen-bond acceptors (Lipinski definition) is 2. The van der Waals surface area contributed by atoms with Gasteiger partial charge in [0.2, 0.25) is 0 Å². The van der Waals surface area contributed by atoms with Crippen LogP contribution in [0.4, 0.5) is 5.69 Å². The zero-order valence-corrected chi connectivity index (χ0v) is 11.7. The van der Waals surface area contributed by atoms with Crippen LogP contribution in [0.2, 0.25) is 0 Å². The van der Waals surface area contributed by atoms with Crippen molar-refractivity contribution in [3.05, 3.63) is 54.5 Å². The van der Waals surface area contributed by atoms with Crippen molar-refractivity contribution < 1.29 is 4.57 Å². The molecule has 0 saturated heterocycles. The summed E-state index contributed by atoms with van der Waals surface area (Å²) in [6.45, 7) is 5.79. The lowest BCUT2D eigenvalue weighted by atomic mass is 9.97. The van der Waals surface area contributed by atoms with Gasteiger partial charge in [0.15, 0.2) is 17.6 Å². The van der Waals surface area contributed by atoms with Gasteiger partial charge < -0.3 is 0 Å². The lowest BCUT2D eigenvalue weighted by Crippen LogP contribution is -2.31. The van der Waals surface area contributed by atoms with Gasteiger partial charge in [-0.15, -0.1) is 0 Å². The van der Waals surface area contributed by atoms with Crippen molar-refractivity contribution in [1.29, 1.82) is 0 Å². The highest BCUT2D eigenvalue weighted by Crippen LogP contribution is 2.32. The van der Waals surface area contributed by atoms with Crippen LogP contribution in [0.5, 0.6) is 0 Å². The Morgan fingerprint density at radius 2 is 1.95 bits per heavy atom. The van der Waals surface area contributed by atoms with Crippen LogP contribution in [0.25, 0.3) is 22.0 Å². The SMILES string of the molecule is C=Nc1cnc[n+](C)c1-c1ccc2ccccc2c1C. The first-order valence-corrected chi connectivity index (χ1v) is 6.51. The Labute approximate surface area is 118 Å². The van der Waals surface area contributed by atoms with Crippen LogP contribution in [0.3, 0.4) is 0 Å². The summed E-state index contributed by atoms with van der Waals surface area (Å²) < 4.78 is 1.99. The van der Waals surface area contributed by atoms with E-state index in [2.05, 4.69) is 60.0 Å². The van der Waals surface area contributed by atoms with Crippen molar-refractivity contribution in [3.8, 4) is 11.3 Å². The molecule has 0 N–H and O–H groups in total. The standard InChI is InChI=1S/C17H16N3/c1-12-14-7-5-4-6-13(14)8-9-15(12)17-16(18-2)10-19-11-20(17)3/h4-11H,2H2,1,3H3/q+1. The summed E-state index contributed by atoms with van der Waals surface area (Å²) in [6.07, 6.45) is 3.54. The van der Waals surface area contributed by atoms with Crippen molar-refractivity contribution in [2.75, 3.05) is 0 Å². The number of aryl methyl sites for hydroxylation is 2. The van der Waals surface area contributed by atoms with Crippen LogP contribution < -0.4 is 4.57 Å². The Bertz CT molecular complexity index is 806. The maximum absolute atomic E-state index is 4.16. The fraction of sp³-hybridized carbons (Fsp3) is 0.118. The Hall–Kier alpha value is -2.55. The lowest BCUT2D eigenvalue weighted by Gasteiger charge is -2.10. The van der Waals surface area contributed by atoms with Crippen LogP contribution in [0.1, 0.15) is 5.56 Å². The number of benzene rings is 2. The van der Waals surface area contributed by atoms with Gasteiger partial charge in [-0.3, -0.25) is 4.99 Å². The van der Waals surface area contributed by atoms with E-state index in [-0.39, 0.29) is 0 Å². The van der Waals surface area contributed by atoms with Gasteiger partial charge in [0, 0.05) is 5.56 Å². The van der Waals surface area contributed by atoms with Gasteiger partial charge in [0.25, 0.3) is 6.33 Å². The van der Waals surface area contributed by atoms with Gasteiger partial charge in [-0.1, -0.05) is 35.3 Å². The lowest BCUT2D eigenvalue weighted by molar-refractivity contribution is -0.663. The van der Waals surface area contributed by atoms with Crippen LogP contribution in [0.15, 0.2) is 53.9 Å². The van der Waals surface area contributed by atoms with Gasteiger partial charge in [-0.25, -0.2) is 4.57 Å². The highest BCUT2D eigenvalue weighted by molar-refractivity contribution is 5.92. The Kier molecular flexibility index (Phi) is 3.03. The van der Waals surface area contributed by atoms with E-state index in [1.807, 2.05) is 11.6 Å². The molecule has 0 saturated carbocycles. The largest absolute Gasteiger partial charge is 0.286 e. The van der Waals surface area contributed by atoms with E-state index in [0.717, 1.165) is 16.9 Å². The van der Waals surface area contributed by atoms with E-state index in [4.69, 9.17) is 0 Å². The molecule has 0 bridgehead atoms. The maximum Gasteiger partial charge on any atom is 0.286 e. The molecule has 20 heavy (non-hydrogen) atoms. The summed E-state index contributed by atoms with van der Waals surface area (Å²) in [6, 6.07) is 12.7. The van der Waals surface area contributed by atoms with E-state index in [1.165, 1.54) is 16.3 Å². The third-order valence-electron chi connectivity index (χ3n) is 3.66. The Balaban J connectivity index is 2.36. The molecule has 0 amide bonds. The van der Waals surface area contributed by atoms with Crippen molar-refractivity contribution in [3.63, 3.8) is 0 Å². The number of nitrogens with zero attached hydrogens (tertiary/aromatic N) is 3. The number of rotatable bonds is 2. The molecule has 3 heteroatoms. The van der Waals surface area contributed by atoms with Crippen LogP contribution >= 0.6 is 0 Å². The molecule has 0 aliphatic heterocycles. The summed E-state index contributed by atoms with van der Waals surface area (Å²) in [4.78, 5) is 8.26. The monoisotopic (exact) mass is 262 g/mol. The molecule has 2 aromatic carbocycles. The number of aromatic nitrogens is 2. The molecule has 3 rings (SSSR count). The second-order valence-electron chi connectivity index (χ2n) is 4.86. The van der Waals surface area contributed by atoms with Crippen molar-refractivity contribution in [1.82, 2.24) is 4.98 Å². The highest BCUT2D eigenvalue weighted by Gasteiger charge is 2.16. The molecule has 3 aromatic rings. The van der Waals surface area contributed by atoms with Gasteiger partial charge in [-0.05, 0) is 36.0 Å². The van der Waals surface area contributed by atoms with Crippen molar-refractivity contribution >= 4 is 23.2 Å². The predicted molar refractivity (Wildman–Crippen MR) is 82.3 cm³/mol. The van der Waals surface area contributed by atoms with Gasteiger partial charge in [0.1, 0.15) is 0 Å². The average molecular weight is 262 g/mol. The first kappa shape index (κ1) is 12.5. The Morgan fingerprint density at radius 1 is 1.15 bits per heavy atom. The predicted octanol–water partition coefficient (Wildman–Crippen LogP) is 3.37. The number of hydrogen-bond donors (Lipinski definition) is 0. The quantitative estimate of drug-likeness (QED) is 0.514. The summed E-state index contributed by atoms with van der Waals surface area (Å²) >= 11 is 0. The van der Waals surface area contributed by atoms with Crippen LogP contribution in [0, 0.1) is 6.92 Å². The molecule has 0 atom stereocenters. The smallest absolute Gasteiger partial charge is 0.256 e. The number of fused-ring (bicyclic) bond motifs is 1. The fourth-order valence-electron chi connectivity index (χ4n) is 2.63. The molecule has 0 spiro atoms. The molecule has 98 valence electrons. The third-order valence-corrected chi connectivity index (χ3v) is 3.66. The van der Waals surface area contributed by atoms with E-state index >= 15 is 0 Å². The summed E-state index contributed by atoms with van der Waals surface area (Å²) in [5.74, 6) is 0. The van der Waals surface area contributed by atoms with Crippen LogP contribution in [-0.2, 0) is 7.05 Å². The summed E-state index contributed by atoms with van der Waals surface area (Å²) in [5, 5.41) is 2.51. The molecule has 1 heterocycles. The molecule has 0 fully saturated rings. The van der Waals surface area contributed by atoms with E-state index in [9.17, 15) is 0 Å². The average Bonchev–Trinajstić information content (AvgIpc) is 2.48. The molecule has 0 radical (unpaired) electrons. The maximum atomic E-state index is 4.16. The molecule has 1 aromatic heterocycles. The minimum Gasteiger partial charge on any atom is -0.256 e. The van der Waals surface area contributed by atoms with E-state index < -0.39 is 0 Å². The molecule has 0 aliphatic carbocycles. The molecule has 0 unspecified atom stereocenters. The fourth-order valence-corrected chi connectivity index (χ4v) is 2.63. The van der Waals surface area contributed by atoms with Crippen molar-refractivity contribution in [2.45, 2.75) is 6.92 Å². The first-order valence-electron chi connectivity index (χ1n) is 6.51. The molecular formula is C17H16N3+. The minimum atomic E-state index is 0.799. The summed E-state index contributed by atoms with van der Waals surface area (Å²) in [7, 11) is 1.98. The zero-order valence-electron chi connectivity index (χ0n) is 11.7. The number of aliphatic imine (C=N–C) groups is 1. The zero-order chi connectivity index (χ0) is 14.1. The first-order chi connectivity index (χ1) is 9.72. The van der Waals surface area contributed by atoms with Gasteiger partial charge >= 0.3 is 0 Å². The van der Waals surface area contributed by atoms with Crippen LogP contribution in [-0.4, -0.2) is 11.7 Å².